The molecule has 0 spiro atoms. The molecule has 0 saturated carbocycles. The van der Waals surface area contributed by atoms with Crippen LogP contribution in [-0.2, 0) is 10.0 Å². The maximum atomic E-state index is 12.7. The average molecular weight is 409 g/mol. The van der Waals surface area contributed by atoms with E-state index in [-0.39, 0.29) is 0 Å². The topological polar surface area (TPSA) is 46.6 Å². The van der Waals surface area contributed by atoms with Gasteiger partial charge in [-0.3, -0.25) is 0 Å². The Balaban J connectivity index is 2.34. The van der Waals surface area contributed by atoms with E-state index in [1.807, 2.05) is 0 Å². The van der Waals surface area contributed by atoms with E-state index in [9.17, 15) is 8.42 Å². The molecule has 4 nitrogen and oxygen atoms in total. The van der Waals surface area contributed by atoms with Gasteiger partial charge >= 0.3 is 0 Å². The molecule has 112 valence electrons. The zero-order valence-electron chi connectivity index (χ0n) is 12.0. The Kier molecular flexibility index (Phi) is 4.96. The lowest BCUT2D eigenvalue weighted by atomic mass is 9.94. The first-order chi connectivity index (χ1) is 9.34. The van der Waals surface area contributed by atoms with E-state index >= 15 is 0 Å². The second kappa shape index (κ2) is 6.19. The molecule has 2 rings (SSSR count). The van der Waals surface area contributed by atoms with Crippen LogP contribution in [-0.4, -0.2) is 32.9 Å². The fourth-order valence-corrected chi connectivity index (χ4v) is 5.00. The van der Waals surface area contributed by atoms with Crippen LogP contribution >= 0.6 is 22.6 Å². The largest absolute Gasteiger partial charge is 0.496 e. The average Bonchev–Trinajstić information content (AvgIpc) is 2.37. The highest BCUT2D eigenvalue weighted by molar-refractivity contribution is 14.1. The van der Waals surface area contributed by atoms with Crippen LogP contribution in [0.25, 0.3) is 0 Å². The Bertz CT molecular complexity index is 578. The molecule has 0 bridgehead atoms. The minimum atomic E-state index is -3.43. The van der Waals surface area contributed by atoms with Gasteiger partial charge in [-0.1, -0.05) is 13.8 Å². The van der Waals surface area contributed by atoms with Gasteiger partial charge in [-0.25, -0.2) is 8.42 Å². The molecule has 0 N–H and O–H groups in total. The smallest absolute Gasteiger partial charge is 0.243 e. The van der Waals surface area contributed by atoms with E-state index in [1.54, 1.807) is 29.6 Å². The van der Waals surface area contributed by atoms with E-state index in [0.29, 0.717) is 35.6 Å². The number of hydrogen-bond acceptors (Lipinski definition) is 3. The van der Waals surface area contributed by atoms with E-state index in [1.165, 1.54) is 0 Å². The summed E-state index contributed by atoms with van der Waals surface area (Å²) in [4.78, 5) is 0.316. The molecule has 0 unspecified atom stereocenters. The summed E-state index contributed by atoms with van der Waals surface area (Å²) in [6, 6.07) is 5.05. The minimum Gasteiger partial charge on any atom is -0.496 e. The van der Waals surface area contributed by atoms with Crippen molar-refractivity contribution in [1.29, 1.82) is 0 Å². The second-order valence-electron chi connectivity index (χ2n) is 5.56. The summed E-state index contributed by atoms with van der Waals surface area (Å²) in [5.74, 6) is 1.41. The van der Waals surface area contributed by atoms with Gasteiger partial charge in [0.15, 0.2) is 0 Å². The third kappa shape index (κ3) is 3.28. The van der Waals surface area contributed by atoms with Crippen molar-refractivity contribution < 1.29 is 13.2 Å². The molecule has 1 fully saturated rings. The molecule has 1 aliphatic rings. The monoisotopic (exact) mass is 409 g/mol. The molecule has 0 radical (unpaired) electrons. The summed E-state index contributed by atoms with van der Waals surface area (Å²) in [5, 5.41) is 0. The Morgan fingerprint density at radius 2 is 1.85 bits per heavy atom. The first-order valence-corrected chi connectivity index (χ1v) is 9.20. The van der Waals surface area contributed by atoms with Crippen molar-refractivity contribution in [2.75, 3.05) is 20.2 Å². The summed E-state index contributed by atoms with van der Waals surface area (Å²) >= 11 is 2.13. The number of methoxy groups -OCH3 is 1. The molecule has 1 aliphatic heterocycles. The highest BCUT2D eigenvalue weighted by Crippen LogP contribution is 2.29. The number of rotatable bonds is 3. The van der Waals surface area contributed by atoms with Crippen molar-refractivity contribution in [3.8, 4) is 5.75 Å². The Labute approximate surface area is 134 Å². The lowest BCUT2D eigenvalue weighted by molar-refractivity contribution is 0.222. The fourth-order valence-electron chi connectivity index (χ4n) is 2.75. The van der Waals surface area contributed by atoms with Gasteiger partial charge in [0.2, 0.25) is 10.0 Å². The molecular formula is C14H20INO3S. The molecule has 20 heavy (non-hydrogen) atoms. The predicted molar refractivity (Wildman–Crippen MR) is 87.4 cm³/mol. The van der Waals surface area contributed by atoms with Gasteiger partial charge in [0.05, 0.1) is 15.6 Å². The van der Waals surface area contributed by atoms with Gasteiger partial charge in [-0.2, -0.15) is 4.31 Å². The quantitative estimate of drug-likeness (QED) is 0.722. The molecule has 2 atom stereocenters. The number of nitrogens with zero attached hydrogens (tertiary/aromatic N) is 1. The maximum Gasteiger partial charge on any atom is 0.243 e. The van der Waals surface area contributed by atoms with Crippen LogP contribution in [0.2, 0.25) is 0 Å². The highest BCUT2D eigenvalue weighted by Gasteiger charge is 2.31. The van der Waals surface area contributed by atoms with Crippen LogP contribution < -0.4 is 4.74 Å². The van der Waals surface area contributed by atoms with Crippen molar-refractivity contribution in [3.05, 3.63) is 21.8 Å². The number of benzene rings is 1. The molecular weight excluding hydrogens is 389 g/mol. The molecule has 1 heterocycles. The van der Waals surface area contributed by atoms with E-state index < -0.39 is 10.0 Å². The van der Waals surface area contributed by atoms with Crippen LogP contribution in [0.5, 0.6) is 5.75 Å². The molecule has 1 saturated heterocycles. The van der Waals surface area contributed by atoms with Crippen LogP contribution in [0.3, 0.4) is 0 Å². The number of sulfonamides is 1. The van der Waals surface area contributed by atoms with Crippen LogP contribution in [0.15, 0.2) is 23.1 Å². The van der Waals surface area contributed by atoms with Crippen molar-refractivity contribution in [2.45, 2.75) is 25.2 Å². The van der Waals surface area contributed by atoms with Crippen molar-refractivity contribution in [1.82, 2.24) is 4.31 Å². The highest BCUT2D eigenvalue weighted by atomic mass is 127. The first kappa shape index (κ1) is 16.0. The summed E-state index contributed by atoms with van der Waals surface area (Å²) in [7, 11) is -1.87. The lowest BCUT2D eigenvalue weighted by Gasteiger charge is -2.34. The maximum absolute atomic E-state index is 12.7. The zero-order valence-corrected chi connectivity index (χ0v) is 14.9. The summed E-state index contributed by atoms with van der Waals surface area (Å²) in [6.07, 6.45) is 1.09. The minimum absolute atomic E-state index is 0.316. The molecule has 0 aliphatic carbocycles. The third-order valence-electron chi connectivity index (χ3n) is 3.60. The SMILES string of the molecule is COc1cc(S(=O)(=O)N2C[C@H](C)C[C@@H](C)C2)ccc1I. The summed E-state index contributed by atoms with van der Waals surface area (Å²) in [5.41, 5.74) is 0. The zero-order chi connectivity index (χ0) is 14.9. The first-order valence-electron chi connectivity index (χ1n) is 6.68. The van der Waals surface area contributed by atoms with E-state index in [4.69, 9.17) is 4.74 Å². The van der Waals surface area contributed by atoms with Crippen LogP contribution in [0, 0.1) is 15.4 Å². The van der Waals surface area contributed by atoms with E-state index in [2.05, 4.69) is 36.4 Å². The van der Waals surface area contributed by atoms with Crippen LogP contribution in [0.1, 0.15) is 20.3 Å². The van der Waals surface area contributed by atoms with Gasteiger partial charge in [-0.15, -0.1) is 0 Å². The molecule has 1 aromatic rings. The van der Waals surface area contributed by atoms with Gasteiger partial charge < -0.3 is 4.74 Å². The Hall–Kier alpha value is -0.340. The Morgan fingerprint density at radius 1 is 1.25 bits per heavy atom. The molecule has 0 amide bonds. The Morgan fingerprint density at radius 3 is 2.40 bits per heavy atom. The fraction of sp³-hybridized carbons (Fsp3) is 0.571. The number of halogens is 1. The number of ether oxygens (including phenoxy) is 1. The normalized spacial score (nSPS) is 24.6. The molecule has 1 aromatic carbocycles. The second-order valence-corrected chi connectivity index (χ2v) is 8.66. The third-order valence-corrected chi connectivity index (χ3v) is 6.31. The molecule has 6 heteroatoms. The van der Waals surface area contributed by atoms with Gasteiger partial charge in [0, 0.05) is 19.2 Å². The standard InChI is InChI=1S/C14H20INO3S/c1-10-6-11(2)9-16(8-10)20(17,18)12-4-5-13(15)14(7-12)19-3/h4-5,7,10-11H,6,8-9H2,1-3H3/t10-,11-/m1/s1. The number of hydrogen-bond donors (Lipinski definition) is 0. The lowest BCUT2D eigenvalue weighted by Crippen LogP contribution is -2.42. The van der Waals surface area contributed by atoms with Crippen molar-refractivity contribution >= 4 is 32.6 Å². The summed E-state index contributed by atoms with van der Waals surface area (Å²) < 4.78 is 33.2. The number of piperidine rings is 1. The molecule has 0 aromatic heterocycles. The predicted octanol–water partition coefficient (Wildman–Crippen LogP) is 2.97. The van der Waals surface area contributed by atoms with Gasteiger partial charge in [0.1, 0.15) is 5.75 Å². The van der Waals surface area contributed by atoms with Crippen molar-refractivity contribution in [2.24, 2.45) is 11.8 Å². The summed E-state index contributed by atoms with van der Waals surface area (Å²) in [6.45, 7) is 5.40. The van der Waals surface area contributed by atoms with Gasteiger partial charge in [0.25, 0.3) is 0 Å². The van der Waals surface area contributed by atoms with Gasteiger partial charge in [-0.05, 0) is 53.0 Å². The van der Waals surface area contributed by atoms with Crippen LogP contribution in [0.4, 0.5) is 0 Å². The van der Waals surface area contributed by atoms with E-state index in [0.717, 1.165) is 9.99 Å². The van der Waals surface area contributed by atoms with Crippen molar-refractivity contribution in [3.63, 3.8) is 0 Å².